The van der Waals surface area contributed by atoms with Crippen molar-refractivity contribution in [3.8, 4) is 12.3 Å². The Morgan fingerprint density at radius 1 is 1.13 bits per heavy atom. The summed E-state index contributed by atoms with van der Waals surface area (Å²) in [7, 11) is 0. The van der Waals surface area contributed by atoms with E-state index in [1.165, 1.54) is 18.2 Å². The summed E-state index contributed by atoms with van der Waals surface area (Å²) >= 11 is 0. The fourth-order valence-electron chi connectivity index (χ4n) is 4.48. The van der Waals surface area contributed by atoms with Gasteiger partial charge < -0.3 is 20.4 Å². The average molecular weight is 527 g/mol. The van der Waals surface area contributed by atoms with Crippen LogP contribution in [0.3, 0.4) is 0 Å². The molecule has 2 aromatic carbocycles. The number of anilines is 2. The van der Waals surface area contributed by atoms with Crippen LogP contribution in [0.1, 0.15) is 43.7 Å². The second kappa shape index (κ2) is 13.7. The van der Waals surface area contributed by atoms with E-state index in [0.717, 1.165) is 43.8 Å². The van der Waals surface area contributed by atoms with E-state index in [1.54, 1.807) is 30.0 Å². The molecule has 3 rings (SSSR count). The summed E-state index contributed by atoms with van der Waals surface area (Å²) < 4.78 is 39.6. The predicted molar refractivity (Wildman–Crippen MR) is 143 cm³/mol. The lowest BCUT2D eigenvalue weighted by molar-refractivity contribution is -0.137. The number of para-hydroxylation sites is 1. The summed E-state index contributed by atoms with van der Waals surface area (Å²) in [4.78, 5) is 29.6. The van der Waals surface area contributed by atoms with Crippen molar-refractivity contribution in [1.82, 2.24) is 9.80 Å². The molecule has 2 aromatic rings. The number of hydrogen-bond donors (Lipinski definition) is 2. The molecule has 2 N–H and O–H groups in total. The third-order valence-electron chi connectivity index (χ3n) is 6.43. The fourth-order valence-corrected chi connectivity index (χ4v) is 4.48. The Morgan fingerprint density at radius 3 is 2.55 bits per heavy atom. The van der Waals surface area contributed by atoms with Crippen molar-refractivity contribution in [3.63, 3.8) is 0 Å². The number of nitrogens with zero attached hydrogens (tertiary/aromatic N) is 2. The summed E-state index contributed by atoms with van der Waals surface area (Å²) in [6, 6.07) is 11.2. The number of unbranched alkanes of at least 4 members (excludes halogenated alkanes) is 1. The van der Waals surface area contributed by atoms with Crippen LogP contribution in [0.5, 0.6) is 0 Å². The normalized spacial score (nSPS) is 14.7. The summed E-state index contributed by atoms with van der Waals surface area (Å²) in [5.74, 6) is 2.36. The van der Waals surface area contributed by atoms with Gasteiger partial charge in [0.1, 0.15) is 0 Å². The fraction of sp³-hybridized carbons (Fsp3) is 0.379. The number of terminal acetylenes is 1. The van der Waals surface area contributed by atoms with Crippen LogP contribution < -0.4 is 10.6 Å². The quantitative estimate of drug-likeness (QED) is 0.235. The second-order valence-electron chi connectivity index (χ2n) is 9.16. The van der Waals surface area contributed by atoms with Gasteiger partial charge in [0.05, 0.1) is 5.56 Å². The molecule has 1 saturated heterocycles. The van der Waals surface area contributed by atoms with E-state index >= 15 is 0 Å². The number of urea groups is 1. The van der Waals surface area contributed by atoms with Crippen LogP contribution in [-0.4, -0.2) is 47.4 Å². The SMILES string of the molecule is C#CCCCN1CCC(N(Cc2ccccc2NC(=O)/C=C/C)C(=O)Nc2cccc(C(F)(F)F)c2)CC1. The number of alkyl halides is 3. The molecule has 38 heavy (non-hydrogen) atoms. The average Bonchev–Trinajstić information content (AvgIpc) is 2.88. The molecular weight excluding hydrogens is 493 g/mol. The summed E-state index contributed by atoms with van der Waals surface area (Å²) in [5.41, 5.74) is 0.524. The number of likely N-dealkylation sites (tertiary alicyclic amines) is 1. The molecule has 202 valence electrons. The summed E-state index contributed by atoms with van der Waals surface area (Å²) in [6.45, 7) is 4.36. The van der Waals surface area contributed by atoms with Crippen molar-refractivity contribution < 1.29 is 22.8 Å². The van der Waals surface area contributed by atoms with E-state index in [2.05, 4.69) is 21.5 Å². The van der Waals surface area contributed by atoms with Crippen molar-refractivity contribution >= 4 is 23.3 Å². The lowest BCUT2D eigenvalue weighted by Gasteiger charge is -2.39. The van der Waals surface area contributed by atoms with Gasteiger partial charge in [0.2, 0.25) is 5.91 Å². The number of amides is 3. The molecule has 1 heterocycles. The van der Waals surface area contributed by atoms with Crippen molar-refractivity contribution in [3.05, 3.63) is 71.8 Å². The molecule has 6 nitrogen and oxygen atoms in total. The largest absolute Gasteiger partial charge is 0.416 e. The lowest BCUT2D eigenvalue weighted by atomic mass is 10.0. The number of piperidine rings is 1. The number of benzene rings is 2. The van der Waals surface area contributed by atoms with Gasteiger partial charge in [-0.15, -0.1) is 12.3 Å². The molecule has 0 unspecified atom stereocenters. The highest BCUT2D eigenvalue weighted by Crippen LogP contribution is 2.31. The van der Waals surface area contributed by atoms with Crippen molar-refractivity contribution in [2.45, 2.75) is 51.4 Å². The zero-order chi connectivity index (χ0) is 27.5. The third-order valence-corrected chi connectivity index (χ3v) is 6.43. The third kappa shape index (κ3) is 8.38. The molecule has 9 heteroatoms. The molecule has 1 aliphatic rings. The smallest absolute Gasteiger partial charge is 0.322 e. The molecule has 1 fully saturated rings. The van der Waals surface area contributed by atoms with Crippen LogP contribution in [-0.2, 0) is 17.5 Å². The number of rotatable bonds is 9. The highest BCUT2D eigenvalue weighted by atomic mass is 19.4. The Kier molecular flexibility index (Phi) is 10.4. The maximum Gasteiger partial charge on any atom is 0.416 e. The van der Waals surface area contributed by atoms with E-state index in [9.17, 15) is 22.8 Å². The summed E-state index contributed by atoms with van der Waals surface area (Å²) in [6.07, 6.45) is 6.90. The number of nitrogens with one attached hydrogen (secondary N) is 2. The molecule has 1 aliphatic heterocycles. The minimum atomic E-state index is -4.52. The maximum absolute atomic E-state index is 13.5. The Morgan fingerprint density at radius 2 is 1.87 bits per heavy atom. The van der Waals surface area contributed by atoms with Crippen molar-refractivity contribution in [2.24, 2.45) is 0 Å². The van der Waals surface area contributed by atoms with Crippen molar-refractivity contribution in [2.75, 3.05) is 30.3 Å². The van der Waals surface area contributed by atoms with Gasteiger partial charge in [-0.05, 0) is 68.6 Å². The number of carbonyl (C=O) groups excluding carboxylic acids is 2. The second-order valence-corrected chi connectivity index (χ2v) is 9.16. The molecule has 0 aliphatic carbocycles. The van der Waals surface area contributed by atoms with Crippen LogP contribution in [0, 0.1) is 12.3 Å². The zero-order valence-electron chi connectivity index (χ0n) is 21.4. The number of hydrogen-bond acceptors (Lipinski definition) is 3. The molecule has 0 aromatic heterocycles. The van der Waals surface area contributed by atoms with E-state index < -0.39 is 17.8 Å². The van der Waals surface area contributed by atoms with Gasteiger partial charge in [-0.3, -0.25) is 4.79 Å². The molecule has 3 amide bonds. The Hall–Kier alpha value is -3.77. The number of halogens is 3. The highest BCUT2D eigenvalue weighted by Gasteiger charge is 2.32. The van der Waals surface area contributed by atoms with Crippen LogP contribution in [0.15, 0.2) is 60.7 Å². The van der Waals surface area contributed by atoms with E-state index in [1.807, 2.05) is 12.1 Å². The minimum Gasteiger partial charge on any atom is -0.322 e. The lowest BCUT2D eigenvalue weighted by Crippen LogP contribution is -2.48. The number of allylic oxidation sites excluding steroid dienone is 1. The van der Waals surface area contributed by atoms with Crippen LogP contribution in [0.25, 0.3) is 0 Å². The first-order chi connectivity index (χ1) is 18.2. The first-order valence-electron chi connectivity index (χ1n) is 12.6. The Balaban J connectivity index is 1.82. The van der Waals surface area contributed by atoms with E-state index in [0.29, 0.717) is 24.9 Å². The van der Waals surface area contributed by atoms with Gasteiger partial charge in [-0.25, -0.2) is 4.79 Å². The molecule has 0 bridgehead atoms. The first kappa shape index (κ1) is 28.8. The van der Waals surface area contributed by atoms with Crippen LogP contribution >= 0.6 is 0 Å². The predicted octanol–water partition coefficient (Wildman–Crippen LogP) is 6.13. The molecule has 0 spiro atoms. The Bertz CT molecular complexity index is 1160. The highest BCUT2D eigenvalue weighted by molar-refractivity contribution is 5.99. The van der Waals surface area contributed by atoms with Gasteiger partial charge in [-0.1, -0.05) is 30.3 Å². The Labute approximate surface area is 221 Å². The first-order valence-corrected chi connectivity index (χ1v) is 12.6. The van der Waals surface area contributed by atoms with Crippen LogP contribution in [0.4, 0.5) is 29.3 Å². The minimum absolute atomic E-state index is 0.0659. The maximum atomic E-state index is 13.5. The van der Waals surface area contributed by atoms with Gasteiger partial charge in [0, 0.05) is 43.5 Å². The van der Waals surface area contributed by atoms with Gasteiger partial charge in [0.25, 0.3) is 0 Å². The summed E-state index contributed by atoms with van der Waals surface area (Å²) in [5, 5.41) is 5.49. The monoisotopic (exact) mass is 526 g/mol. The molecule has 0 atom stereocenters. The standard InChI is InChI=1S/C29H33F3N4O2/c1-3-5-8-17-35-18-15-25(16-19-35)36(21-22-11-6-7-14-26(22)34-27(37)10-4-2)28(38)33-24-13-9-12-23(20-24)29(30,31)32/h1,4,6-7,9-14,20,25H,5,8,15-19,21H2,2H3,(H,33,38)(H,34,37)/b10-4+. The topological polar surface area (TPSA) is 64.7 Å². The van der Waals surface area contributed by atoms with E-state index in [4.69, 9.17) is 6.42 Å². The number of carbonyl (C=O) groups is 2. The molecule has 0 saturated carbocycles. The van der Waals surface area contributed by atoms with Gasteiger partial charge in [0.15, 0.2) is 0 Å². The van der Waals surface area contributed by atoms with Crippen LogP contribution in [0.2, 0.25) is 0 Å². The van der Waals surface area contributed by atoms with E-state index in [-0.39, 0.29) is 24.2 Å². The zero-order valence-corrected chi connectivity index (χ0v) is 21.4. The van der Waals surface area contributed by atoms with Crippen molar-refractivity contribution in [1.29, 1.82) is 0 Å². The molecular formula is C29H33F3N4O2. The molecule has 0 radical (unpaired) electrons. The van der Waals surface area contributed by atoms with Gasteiger partial charge in [-0.2, -0.15) is 13.2 Å². The van der Waals surface area contributed by atoms with Gasteiger partial charge >= 0.3 is 12.2 Å².